The molecule has 1 aliphatic heterocycles. The lowest BCUT2D eigenvalue weighted by Gasteiger charge is -2.29. The van der Waals surface area contributed by atoms with Crippen molar-refractivity contribution in [1.29, 1.82) is 0 Å². The molecule has 2 aromatic carbocycles. The molecule has 1 aliphatic rings. The van der Waals surface area contributed by atoms with E-state index in [1.54, 1.807) is 26.4 Å². The molecular formula is C24H24O6. The van der Waals surface area contributed by atoms with Crippen LogP contribution >= 0.6 is 0 Å². The molecule has 0 saturated heterocycles. The number of aryl methyl sites for hydroxylation is 2. The van der Waals surface area contributed by atoms with Crippen molar-refractivity contribution in [2.75, 3.05) is 14.2 Å². The summed E-state index contributed by atoms with van der Waals surface area (Å²) in [5, 5.41) is 0.697. The molecule has 0 radical (unpaired) electrons. The second-order valence-electron chi connectivity index (χ2n) is 7.45. The minimum atomic E-state index is -0.516. The third-order valence-corrected chi connectivity index (χ3v) is 5.48. The van der Waals surface area contributed by atoms with Crippen LogP contribution in [-0.2, 0) is 6.42 Å². The highest BCUT2D eigenvalue weighted by molar-refractivity contribution is 6.07. The number of Topliss-reactive ketones (excluding diaryl/α,β-unsaturated/α-hetero) is 1. The molecule has 4 rings (SSSR count). The lowest BCUT2D eigenvalue weighted by atomic mass is 9.90. The predicted octanol–water partition coefficient (Wildman–Crippen LogP) is 4.78. The molecule has 0 N–H and O–H groups in total. The van der Waals surface area contributed by atoms with Crippen LogP contribution in [0.3, 0.4) is 0 Å². The van der Waals surface area contributed by atoms with E-state index in [1.165, 1.54) is 6.07 Å². The van der Waals surface area contributed by atoms with Crippen molar-refractivity contribution in [3.8, 4) is 17.2 Å². The van der Waals surface area contributed by atoms with Crippen LogP contribution in [0.15, 0.2) is 39.5 Å². The Morgan fingerprint density at radius 1 is 1.10 bits per heavy atom. The van der Waals surface area contributed by atoms with Crippen molar-refractivity contribution in [2.45, 2.75) is 39.2 Å². The second kappa shape index (κ2) is 7.86. The standard InChI is InChI=1S/C24H24O6/c1-5-6-14-10-21(26)29-20-9-13(2)22-17(25)12-19(30-24(22)23(14)20)16-8-7-15(27-3)11-18(16)28-4/h7-11,19H,5-6,12H2,1-4H3/t19-/m1/s1. The highest BCUT2D eigenvalue weighted by Gasteiger charge is 2.33. The number of carbonyl (C=O) groups excluding carboxylic acids is 1. The van der Waals surface area contributed by atoms with Crippen molar-refractivity contribution in [1.82, 2.24) is 0 Å². The maximum absolute atomic E-state index is 13.2. The Balaban J connectivity index is 1.92. The Labute approximate surface area is 174 Å². The van der Waals surface area contributed by atoms with Crippen LogP contribution in [0.5, 0.6) is 17.2 Å². The first kappa shape index (κ1) is 20.0. The van der Waals surface area contributed by atoms with Gasteiger partial charge in [-0.15, -0.1) is 0 Å². The third kappa shape index (κ3) is 3.32. The number of ether oxygens (including phenoxy) is 3. The van der Waals surface area contributed by atoms with Crippen LogP contribution in [0.1, 0.15) is 52.9 Å². The molecule has 0 aliphatic carbocycles. The monoisotopic (exact) mass is 408 g/mol. The molecule has 0 unspecified atom stereocenters. The van der Waals surface area contributed by atoms with E-state index < -0.39 is 11.7 Å². The highest BCUT2D eigenvalue weighted by Crippen LogP contribution is 2.44. The Morgan fingerprint density at radius 2 is 1.90 bits per heavy atom. The summed E-state index contributed by atoms with van der Waals surface area (Å²) >= 11 is 0. The van der Waals surface area contributed by atoms with E-state index in [0.29, 0.717) is 40.2 Å². The lowest BCUT2D eigenvalue weighted by Crippen LogP contribution is -2.22. The van der Waals surface area contributed by atoms with Crippen LogP contribution in [-0.4, -0.2) is 20.0 Å². The molecule has 2 heterocycles. The van der Waals surface area contributed by atoms with Crippen molar-refractivity contribution >= 4 is 16.8 Å². The van der Waals surface area contributed by atoms with Gasteiger partial charge in [0.05, 0.1) is 31.6 Å². The van der Waals surface area contributed by atoms with Crippen molar-refractivity contribution in [2.24, 2.45) is 0 Å². The Kier molecular flexibility index (Phi) is 5.24. The fourth-order valence-electron chi connectivity index (χ4n) is 4.14. The van der Waals surface area contributed by atoms with Gasteiger partial charge in [-0.3, -0.25) is 4.79 Å². The average Bonchev–Trinajstić information content (AvgIpc) is 2.72. The molecule has 0 fully saturated rings. The fraction of sp³-hybridized carbons (Fsp3) is 0.333. The van der Waals surface area contributed by atoms with Gasteiger partial charge in [0.2, 0.25) is 0 Å². The SMILES string of the molecule is CCCc1cc(=O)oc2cc(C)c3c(c12)O[C@@H](c1ccc(OC)cc1OC)CC3=O. The Hall–Kier alpha value is -3.28. The predicted molar refractivity (Wildman–Crippen MR) is 113 cm³/mol. The first-order chi connectivity index (χ1) is 14.5. The van der Waals surface area contributed by atoms with Gasteiger partial charge in [-0.1, -0.05) is 13.3 Å². The molecule has 0 spiro atoms. The van der Waals surface area contributed by atoms with Crippen LogP contribution < -0.4 is 19.8 Å². The van der Waals surface area contributed by atoms with E-state index in [9.17, 15) is 9.59 Å². The minimum Gasteiger partial charge on any atom is -0.497 e. The number of benzene rings is 2. The zero-order valence-corrected chi connectivity index (χ0v) is 17.5. The Morgan fingerprint density at radius 3 is 2.60 bits per heavy atom. The molecule has 156 valence electrons. The lowest BCUT2D eigenvalue weighted by molar-refractivity contribution is 0.0849. The van der Waals surface area contributed by atoms with Crippen LogP contribution in [0.25, 0.3) is 11.0 Å². The maximum Gasteiger partial charge on any atom is 0.336 e. The van der Waals surface area contributed by atoms with Gasteiger partial charge in [0.15, 0.2) is 5.78 Å². The summed E-state index contributed by atoms with van der Waals surface area (Å²) < 4.78 is 22.7. The minimum absolute atomic E-state index is 0.00725. The number of fused-ring (bicyclic) bond motifs is 3. The molecule has 1 aromatic heterocycles. The molecule has 3 aromatic rings. The van der Waals surface area contributed by atoms with E-state index in [-0.39, 0.29) is 12.2 Å². The molecule has 0 bridgehead atoms. The summed E-state index contributed by atoms with van der Waals surface area (Å²) in [6.45, 7) is 3.87. The molecular weight excluding hydrogens is 384 g/mol. The molecule has 30 heavy (non-hydrogen) atoms. The summed E-state index contributed by atoms with van der Waals surface area (Å²) in [6, 6.07) is 8.69. The van der Waals surface area contributed by atoms with Gasteiger partial charge in [0, 0.05) is 17.7 Å². The number of methoxy groups -OCH3 is 2. The van der Waals surface area contributed by atoms with E-state index in [4.69, 9.17) is 18.6 Å². The number of ketones is 1. The largest absolute Gasteiger partial charge is 0.497 e. The van der Waals surface area contributed by atoms with Crippen molar-refractivity contribution < 1.29 is 23.4 Å². The van der Waals surface area contributed by atoms with Gasteiger partial charge in [-0.2, -0.15) is 0 Å². The molecule has 0 saturated carbocycles. The normalized spacial score (nSPS) is 15.6. The summed E-state index contributed by atoms with van der Waals surface area (Å²) in [5.41, 5.74) is 2.92. The zero-order valence-electron chi connectivity index (χ0n) is 17.5. The quantitative estimate of drug-likeness (QED) is 0.566. The fourth-order valence-corrected chi connectivity index (χ4v) is 4.14. The van der Waals surface area contributed by atoms with Gasteiger partial charge >= 0.3 is 5.63 Å². The van der Waals surface area contributed by atoms with Crippen LogP contribution in [0.2, 0.25) is 0 Å². The number of carbonyl (C=O) groups is 1. The van der Waals surface area contributed by atoms with Gasteiger partial charge < -0.3 is 18.6 Å². The third-order valence-electron chi connectivity index (χ3n) is 5.48. The maximum atomic E-state index is 13.2. The summed E-state index contributed by atoms with van der Waals surface area (Å²) in [4.78, 5) is 25.2. The summed E-state index contributed by atoms with van der Waals surface area (Å²) in [5.74, 6) is 1.72. The van der Waals surface area contributed by atoms with Gasteiger partial charge in [0.1, 0.15) is 28.9 Å². The number of rotatable bonds is 5. The highest BCUT2D eigenvalue weighted by atomic mass is 16.5. The van der Waals surface area contributed by atoms with Gasteiger partial charge in [0.25, 0.3) is 0 Å². The van der Waals surface area contributed by atoms with E-state index >= 15 is 0 Å². The zero-order chi connectivity index (χ0) is 21.4. The van der Waals surface area contributed by atoms with Crippen molar-refractivity contribution in [3.05, 3.63) is 63.0 Å². The van der Waals surface area contributed by atoms with E-state index in [2.05, 4.69) is 0 Å². The Bertz CT molecular complexity index is 1190. The van der Waals surface area contributed by atoms with Crippen LogP contribution in [0.4, 0.5) is 0 Å². The summed E-state index contributed by atoms with van der Waals surface area (Å²) in [7, 11) is 3.16. The smallest absolute Gasteiger partial charge is 0.336 e. The average molecular weight is 408 g/mol. The van der Waals surface area contributed by atoms with Crippen molar-refractivity contribution in [3.63, 3.8) is 0 Å². The molecule has 1 atom stereocenters. The molecule has 6 nitrogen and oxygen atoms in total. The van der Waals surface area contributed by atoms with Gasteiger partial charge in [-0.25, -0.2) is 4.79 Å². The number of hydrogen-bond acceptors (Lipinski definition) is 6. The first-order valence-corrected chi connectivity index (χ1v) is 9.98. The second-order valence-corrected chi connectivity index (χ2v) is 7.45. The van der Waals surface area contributed by atoms with E-state index in [0.717, 1.165) is 23.1 Å². The number of hydrogen-bond donors (Lipinski definition) is 0. The topological polar surface area (TPSA) is 75.0 Å². The van der Waals surface area contributed by atoms with E-state index in [1.807, 2.05) is 26.0 Å². The molecule has 0 amide bonds. The summed E-state index contributed by atoms with van der Waals surface area (Å²) in [6.07, 6.45) is 1.22. The first-order valence-electron chi connectivity index (χ1n) is 9.98. The molecule has 6 heteroatoms. The van der Waals surface area contributed by atoms with Gasteiger partial charge in [-0.05, 0) is 42.7 Å². The van der Waals surface area contributed by atoms with Crippen LogP contribution in [0, 0.1) is 6.92 Å².